The Kier molecular flexibility index (Phi) is 4.90. The molecular weight excluding hydrogens is 246 g/mol. The number of carbonyl (C=O) groups excluding carboxylic acids is 1. The van der Waals surface area contributed by atoms with Gasteiger partial charge in [0, 0.05) is 0 Å². The quantitative estimate of drug-likeness (QED) is 0.787. The molecule has 0 spiro atoms. The van der Waals surface area contributed by atoms with Crippen LogP contribution in [0.4, 0.5) is 0 Å². The molecule has 0 aromatic carbocycles. The van der Waals surface area contributed by atoms with Gasteiger partial charge in [0.2, 0.25) is 5.91 Å². The molecular formula is C13H21N3OS. The molecule has 0 aromatic heterocycles. The van der Waals surface area contributed by atoms with Crippen molar-refractivity contribution < 1.29 is 4.79 Å². The third-order valence-corrected chi connectivity index (χ3v) is 4.93. The van der Waals surface area contributed by atoms with E-state index in [-0.39, 0.29) is 5.91 Å². The normalized spacial score (nSPS) is 22.8. The molecule has 0 aromatic rings. The maximum Gasteiger partial charge on any atom is 0.231 e. The molecule has 1 heterocycles. The Labute approximate surface area is 113 Å². The van der Waals surface area contributed by atoms with Crippen molar-refractivity contribution in [2.75, 3.05) is 24.6 Å². The fraction of sp³-hybridized carbons (Fsp3) is 0.846. The van der Waals surface area contributed by atoms with Crippen LogP contribution in [-0.2, 0) is 4.79 Å². The molecule has 2 N–H and O–H groups in total. The highest BCUT2D eigenvalue weighted by atomic mass is 32.2. The standard InChI is InChI=1S/C13H21N3OS/c14-10-13(4-2-1-3-5-13)16-12(17)9-18-8-11-6-15-7-11/h11,15H,1-9H2,(H,16,17). The Hall–Kier alpha value is -0.730. The van der Waals surface area contributed by atoms with Crippen LogP contribution in [0.5, 0.6) is 0 Å². The molecule has 2 aliphatic rings. The molecule has 0 bridgehead atoms. The third kappa shape index (κ3) is 3.63. The molecule has 1 amide bonds. The average molecular weight is 267 g/mol. The van der Waals surface area contributed by atoms with Gasteiger partial charge in [-0.3, -0.25) is 4.79 Å². The Morgan fingerprint density at radius 1 is 1.39 bits per heavy atom. The molecule has 1 saturated heterocycles. The van der Waals surface area contributed by atoms with Gasteiger partial charge in [0.05, 0.1) is 11.8 Å². The van der Waals surface area contributed by atoms with E-state index in [1.807, 2.05) is 0 Å². The predicted octanol–water partition coefficient (Wildman–Crippen LogP) is 1.28. The zero-order chi connectivity index (χ0) is 12.8. The summed E-state index contributed by atoms with van der Waals surface area (Å²) >= 11 is 1.68. The lowest BCUT2D eigenvalue weighted by atomic mass is 9.83. The van der Waals surface area contributed by atoms with E-state index in [0.29, 0.717) is 5.75 Å². The van der Waals surface area contributed by atoms with Crippen molar-refractivity contribution in [3.8, 4) is 6.07 Å². The molecule has 100 valence electrons. The minimum atomic E-state index is -0.575. The van der Waals surface area contributed by atoms with Crippen LogP contribution < -0.4 is 10.6 Å². The van der Waals surface area contributed by atoms with E-state index >= 15 is 0 Å². The van der Waals surface area contributed by atoms with Crippen LogP contribution in [0.3, 0.4) is 0 Å². The Balaban J connectivity index is 1.69. The Bertz CT molecular complexity index is 330. The zero-order valence-corrected chi connectivity index (χ0v) is 11.5. The number of thioether (sulfide) groups is 1. The number of carbonyl (C=O) groups is 1. The number of rotatable bonds is 5. The first-order valence-electron chi connectivity index (χ1n) is 6.75. The van der Waals surface area contributed by atoms with Crippen molar-refractivity contribution in [3.63, 3.8) is 0 Å². The van der Waals surface area contributed by atoms with E-state index in [4.69, 9.17) is 0 Å². The van der Waals surface area contributed by atoms with Crippen molar-refractivity contribution in [3.05, 3.63) is 0 Å². The van der Waals surface area contributed by atoms with E-state index in [0.717, 1.165) is 50.4 Å². The number of nitriles is 1. The summed E-state index contributed by atoms with van der Waals surface area (Å²) in [6, 6.07) is 2.32. The highest BCUT2D eigenvalue weighted by Gasteiger charge is 2.33. The smallest absolute Gasteiger partial charge is 0.231 e. The van der Waals surface area contributed by atoms with Crippen LogP contribution in [0.2, 0.25) is 0 Å². The Morgan fingerprint density at radius 3 is 2.67 bits per heavy atom. The second kappa shape index (κ2) is 6.44. The average Bonchev–Trinajstić information content (AvgIpc) is 2.33. The number of nitrogens with one attached hydrogen (secondary N) is 2. The van der Waals surface area contributed by atoms with Crippen molar-refractivity contribution in [1.29, 1.82) is 5.26 Å². The largest absolute Gasteiger partial charge is 0.337 e. The van der Waals surface area contributed by atoms with Crippen LogP contribution >= 0.6 is 11.8 Å². The van der Waals surface area contributed by atoms with E-state index < -0.39 is 5.54 Å². The molecule has 2 fully saturated rings. The summed E-state index contributed by atoms with van der Waals surface area (Å²) < 4.78 is 0. The van der Waals surface area contributed by atoms with Crippen molar-refractivity contribution >= 4 is 17.7 Å². The summed E-state index contributed by atoms with van der Waals surface area (Å²) in [5.41, 5.74) is -0.575. The minimum absolute atomic E-state index is 0.0238. The maximum absolute atomic E-state index is 11.9. The van der Waals surface area contributed by atoms with Gasteiger partial charge in [-0.1, -0.05) is 19.3 Å². The maximum atomic E-state index is 11.9. The van der Waals surface area contributed by atoms with Crippen LogP contribution in [-0.4, -0.2) is 36.0 Å². The lowest BCUT2D eigenvalue weighted by molar-refractivity contribution is -0.120. The van der Waals surface area contributed by atoms with Crippen LogP contribution in [0.15, 0.2) is 0 Å². The lowest BCUT2D eigenvalue weighted by Crippen LogP contribution is -2.49. The second-order valence-corrected chi connectivity index (χ2v) is 6.37. The fourth-order valence-electron chi connectivity index (χ4n) is 2.51. The van der Waals surface area contributed by atoms with Gasteiger partial charge in [0.1, 0.15) is 5.54 Å². The van der Waals surface area contributed by atoms with Crippen LogP contribution in [0.1, 0.15) is 32.1 Å². The van der Waals surface area contributed by atoms with Crippen molar-refractivity contribution in [1.82, 2.24) is 10.6 Å². The van der Waals surface area contributed by atoms with E-state index in [9.17, 15) is 10.1 Å². The molecule has 2 rings (SSSR count). The molecule has 0 radical (unpaired) electrons. The summed E-state index contributed by atoms with van der Waals surface area (Å²) in [6.45, 7) is 2.16. The Morgan fingerprint density at radius 2 is 2.11 bits per heavy atom. The van der Waals surface area contributed by atoms with Gasteiger partial charge < -0.3 is 10.6 Å². The molecule has 18 heavy (non-hydrogen) atoms. The molecule has 1 aliphatic heterocycles. The van der Waals surface area contributed by atoms with Gasteiger partial charge in [-0.05, 0) is 37.6 Å². The molecule has 1 aliphatic carbocycles. The van der Waals surface area contributed by atoms with Gasteiger partial charge >= 0.3 is 0 Å². The molecule has 5 heteroatoms. The number of hydrogen-bond donors (Lipinski definition) is 2. The van der Waals surface area contributed by atoms with Crippen molar-refractivity contribution in [2.24, 2.45) is 5.92 Å². The highest BCUT2D eigenvalue weighted by molar-refractivity contribution is 7.99. The van der Waals surface area contributed by atoms with Crippen LogP contribution in [0, 0.1) is 17.2 Å². The number of nitrogens with zero attached hydrogens (tertiary/aromatic N) is 1. The lowest BCUT2D eigenvalue weighted by Gasteiger charge is -2.31. The van der Waals surface area contributed by atoms with Crippen molar-refractivity contribution in [2.45, 2.75) is 37.6 Å². The summed E-state index contributed by atoms with van der Waals surface area (Å²) in [5.74, 6) is 2.28. The summed E-state index contributed by atoms with van der Waals surface area (Å²) in [6.07, 6.45) is 4.91. The van der Waals surface area contributed by atoms with Gasteiger partial charge in [0.25, 0.3) is 0 Å². The highest BCUT2D eigenvalue weighted by Crippen LogP contribution is 2.27. The first-order valence-corrected chi connectivity index (χ1v) is 7.90. The molecule has 0 unspecified atom stereocenters. The first-order chi connectivity index (χ1) is 8.74. The SMILES string of the molecule is N#CC1(NC(=O)CSCC2CNC2)CCCCC1. The van der Waals surface area contributed by atoms with Gasteiger partial charge in [0.15, 0.2) is 0 Å². The predicted molar refractivity (Wildman–Crippen MR) is 73.3 cm³/mol. The second-order valence-electron chi connectivity index (χ2n) is 5.34. The number of hydrogen-bond acceptors (Lipinski definition) is 4. The van der Waals surface area contributed by atoms with E-state index in [2.05, 4.69) is 16.7 Å². The minimum Gasteiger partial charge on any atom is -0.337 e. The molecule has 1 saturated carbocycles. The first kappa shape index (κ1) is 13.7. The number of amides is 1. The van der Waals surface area contributed by atoms with E-state index in [1.54, 1.807) is 11.8 Å². The van der Waals surface area contributed by atoms with Gasteiger partial charge in [-0.2, -0.15) is 17.0 Å². The zero-order valence-electron chi connectivity index (χ0n) is 10.7. The van der Waals surface area contributed by atoms with Crippen LogP contribution in [0.25, 0.3) is 0 Å². The molecule has 0 atom stereocenters. The van der Waals surface area contributed by atoms with Gasteiger partial charge in [-0.25, -0.2) is 0 Å². The topological polar surface area (TPSA) is 64.9 Å². The summed E-state index contributed by atoms with van der Waals surface area (Å²) in [4.78, 5) is 11.9. The third-order valence-electron chi connectivity index (χ3n) is 3.75. The fourth-order valence-corrected chi connectivity index (χ4v) is 3.45. The van der Waals surface area contributed by atoms with Gasteiger partial charge in [-0.15, -0.1) is 0 Å². The summed E-state index contributed by atoms with van der Waals surface area (Å²) in [5, 5.41) is 15.5. The van der Waals surface area contributed by atoms with E-state index in [1.165, 1.54) is 6.42 Å². The summed E-state index contributed by atoms with van der Waals surface area (Å²) in [7, 11) is 0. The monoisotopic (exact) mass is 267 g/mol. The molecule has 4 nitrogen and oxygen atoms in total.